The summed E-state index contributed by atoms with van der Waals surface area (Å²) in [5.74, 6) is 1.91. The van der Waals surface area contributed by atoms with Crippen molar-refractivity contribution in [2.75, 3.05) is 21.3 Å². The number of aromatic hydroxyl groups is 1. The Labute approximate surface area is 300 Å². The highest BCUT2D eigenvalue weighted by Gasteiger charge is 2.46. The Hall–Kier alpha value is -4.29. The summed E-state index contributed by atoms with van der Waals surface area (Å²) in [6.45, 7) is 21.1. The van der Waals surface area contributed by atoms with Crippen molar-refractivity contribution >= 4 is 6.21 Å². The largest absolute Gasteiger partial charge is 0.507 e. The zero-order valence-corrected chi connectivity index (χ0v) is 32.4. The molecule has 6 heteroatoms. The molecule has 268 valence electrons. The molecule has 1 atom stereocenters. The molecule has 4 rings (SSSR count). The SMILES string of the molecule is COc1ccccc1CC(N=Cc1cc(C)cc(C(C)(C)C)c1O)C(O)(c1cc(C(C)(C)C)ccc1OC)c1cc(C(C)(C)C)ccc1OC. The number of rotatable bonds is 10. The van der Waals surface area contributed by atoms with Crippen LogP contribution in [-0.4, -0.2) is 43.8 Å². The molecule has 0 amide bonds. The molecule has 0 aliphatic carbocycles. The van der Waals surface area contributed by atoms with Crippen molar-refractivity contribution in [1.29, 1.82) is 0 Å². The summed E-state index contributed by atoms with van der Waals surface area (Å²) in [5, 5.41) is 25.4. The minimum absolute atomic E-state index is 0.172. The van der Waals surface area contributed by atoms with Crippen molar-refractivity contribution in [3.05, 3.63) is 117 Å². The maximum absolute atomic E-state index is 13.9. The minimum atomic E-state index is -1.79. The van der Waals surface area contributed by atoms with Crippen LogP contribution in [0.15, 0.2) is 77.8 Å². The summed E-state index contributed by atoms with van der Waals surface area (Å²) in [5.41, 5.74) is 3.95. The minimum Gasteiger partial charge on any atom is -0.507 e. The Morgan fingerprint density at radius 3 is 1.60 bits per heavy atom. The fraction of sp³-hybridized carbons (Fsp3) is 0.432. The first-order valence-electron chi connectivity index (χ1n) is 17.3. The predicted octanol–water partition coefficient (Wildman–Crippen LogP) is 9.59. The molecule has 50 heavy (non-hydrogen) atoms. The Bertz CT molecular complexity index is 1770. The molecule has 6 nitrogen and oxygen atoms in total. The van der Waals surface area contributed by atoms with Gasteiger partial charge in [0, 0.05) is 34.9 Å². The van der Waals surface area contributed by atoms with E-state index in [1.54, 1.807) is 27.5 Å². The van der Waals surface area contributed by atoms with Gasteiger partial charge in [0.25, 0.3) is 0 Å². The van der Waals surface area contributed by atoms with Crippen LogP contribution in [-0.2, 0) is 28.3 Å². The lowest BCUT2D eigenvalue weighted by molar-refractivity contribution is 0.0473. The fourth-order valence-electron chi connectivity index (χ4n) is 6.48. The number of aryl methyl sites for hydroxylation is 1. The van der Waals surface area contributed by atoms with Gasteiger partial charge in [0.2, 0.25) is 0 Å². The van der Waals surface area contributed by atoms with Gasteiger partial charge in [-0.05, 0) is 81.8 Å². The van der Waals surface area contributed by atoms with Crippen LogP contribution in [0, 0.1) is 6.92 Å². The Morgan fingerprint density at radius 2 is 1.14 bits per heavy atom. The molecule has 0 aliphatic rings. The monoisotopic (exact) mass is 679 g/mol. The number of aliphatic imine (C=N–C) groups is 1. The van der Waals surface area contributed by atoms with E-state index in [0.717, 1.165) is 27.8 Å². The van der Waals surface area contributed by atoms with Gasteiger partial charge in [0.1, 0.15) is 28.6 Å². The third-order valence-electron chi connectivity index (χ3n) is 9.53. The number of ether oxygens (including phenoxy) is 3. The topological polar surface area (TPSA) is 80.5 Å². The van der Waals surface area contributed by atoms with Crippen molar-refractivity contribution < 1.29 is 24.4 Å². The van der Waals surface area contributed by atoms with Crippen LogP contribution < -0.4 is 14.2 Å². The van der Waals surface area contributed by atoms with Crippen LogP contribution in [0.4, 0.5) is 0 Å². The van der Waals surface area contributed by atoms with Crippen LogP contribution in [0.3, 0.4) is 0 Å². The van der Waals surface area contributed by atoms with Crippen LogP contribution in [0.1, 0.15) is 107 Å². The van der Waals surface area contributed by atoms with Gasteiger partial charge in [0.05, 0.1) is 27.4 Å². The van der Waals surface area contributed by atoms with E-state index in [0.29, 0.717) is 40.4 Å². The smallest absolute Gasteiger partial charge is 0.144 e. The maximum Gasteiger partial charge on any atom is 0.144 e. The number of aliphatic hydroxyl groups is 1. The first-order valence-corrected chi connectivity index (χ1v) is 17.3. The lowest BCUT2D eigenvalue weighted by Crippen LogP contribution is -2.42. The highest BCUT2D eigenvalue weighted by molar-refractivity contribution is 5.85. The first kappa shape index (κ1) is 38.5. The number of phenols is 1. The van der Waals surface area contributed by atoms with Crippen LogP contribution in [0.2, 0.25) is 0 Å². The molecule has 0 aromatic heterocycles. The molecule has 4 aromatic carbocycles. The summed E-state index contributed by atoms with van der Waals surface area (Å²) in [6.07, 6.45) is 1.99. The number of hydrogen-bond donors (Lipinski definition) is 2. The molecule has 0 bridgehead atoms. The molecule has 0 saturated heterocycles. The van der Waals surface area contributed by atoms with Crippen molar-refractivity contribution in [3.63, 3.8) is 0 Å². The lowest BCUT2D eigenvalue weighted by Gasteiger charge is -2.38. The summed E-state index contributed by atoms with van der Waals surface area (Å²) >= 11 is 0. The average molecular weight is 680 g/mol. The zero-order chi connectivity index (χ0) is 37.2. The molecular weight excluding hydrogens is 622 g/mol. The van der Waals surface area contributed by atoms with Crippen LogP contribution in [0.25, 0.3) is 0 Å². The van der Waals surface area contributed by atoms with E-state index in [1.807, 2.05) is 79.7 Å². The third kappa shape index (κ3) is 8.02. The Morgan fingerprint density at radius 1 is 0.640 bits per heavy atom. The second-order valence-corrected chi connectivity index (χ2v) is 16.4. The van der Waals surface area contributed by atoms with E-state index in [2.05, 4.69) is 62.3 Å². The van der Waals surface area contributed by atoms with Crippen molar-refractivity contribution in [1.82, 2.24) is 0 Å². The molecular formula is C44H57NO5. The number of benzene rings is 4. The van der Waals surface area contributed by atoms with E-state index >= 15 is 0 Å². The zero-order valence-electron chi connectivity index (χ0n) is 32.4. The predicted molar refractivity (Wildman–Crippen MR) is 206 cm³/mol. The highest BCUT2D eigenvalue weighted by atomic mass is 16.5. The first-order chi connectivity index (χ1) is 23.2. The standard InChI is InChI=1S/C44H57NO5/c1-28-22-30(40(46)35(23-28)43(8,9)10)27-45-39(24-29-16-14-15-17-36(29)48-11)44(47,33-25-31(41(2,3)4)18-20-37(33)49-12)34-26-32(42(5,6)7)19-21-38(34)50-13/h14-23,25-27,39,46-47H,24H2,1-13H3. The number of hydrogen-bond acceptors (Lipinski definition) is 6. The maximum atomic E-state index is 13.9. The Kier molecular flexibility index (Phi) is 11.2. The summed E-state index contributed by atoms with van der Waals surface area (Å²) in [6, 6.07) is 22.9. The Balaban J connectivity index is 2.17. The molecule has 0 aliphatic heterocycles. The third-order valence-corrected chi connectivity index (χ3v) is 9.53. The van der Waals surface area contributed by atoms with Gasteiger partial charge in [-0.25, -0.2) is 0 Å². The molecule has 2 N–H and O–H groups in total. The second-order valence-electron chi connectivity index (χ2n) is 16.4. The molecule has 4 aromatic rings. The van der Waals surface area contributed by atoms with Crippen molar-refractivity contribution in [3.8, 4) is 23.0 Å². The van der Waals surface area contributed by atoms with Crippen LogP contribution >= 0.6 is 0 Å². The van der Waals surface area contributed by atoms with Gasteiger partial charge in [-0.15, -0.1) is 0 Å². The highest BCUT2D eigenvalue weighted by Crippen LogP contribution is 2.47. The fourth-order valence-corrected chi connectivity index (χ4v) is 6.48. The molecule has 0 saturated carbocycles. The van der Waals surface area contributed by atoms with E-state index in [4.69, 9.17) is 19.2 Å². The molecule has 0 radical (unpaired) electrons. The average Bonchev–Trinajstić information content (AvgIpc) is 3.05. The van der Waals surface area contributed by atoms with Crippen molar-refractivity contribution in [2.45, 2.75) is 104 Å². The van der Waals surface area contributed by atoms with Crippen molar-refractivity contribution in [2.24, 2.45) is 4.99 Å². The number of methoxy groups -OCH3 is 3. The summed E-state index contributed by atoms with van der Waals surface area (Å²) < 4.78 is 17.9. The number of phenolic OH excluding ortho intramolecular Hbond substituents is 1. The van der Waals surface area contributed by atoms with Gasteiger partial charge in [-0.2, -0.15) is 0 Å². The molecule has 0 heterocycles. The second kappa shape index (κ2) is 14.5. The summed E-state index contributed by atoms with van der Waals surface area (Å²) in [7, 11) is 4.89. The van der Waals surface area contributed by atoms with Gasteiger partial charge in [-0.1, -0.05) is 98.7 Å². The van der Waals surface area contributed by atoms with Crippen LogP contribution in [0.5, 0.6) is 23.0 Å². The van der Waals surface area contributed by atoms with E-state index in [-0.39, 0.29) is 22.0 Å². The lowest BCUT2D eigenvalue weighted by atomic mass is 9.73. The molecule has 0 spiro atoms. The van der Waals surface area contributed by atoms with Gasteiger partial charge in [-0.3, -0.25) is 4.99 Å². The van der Waals surface area contributed by atoms with E-state index < -0.39 is 11.6 Å². The molecule has 0 fully saturated rings. The normalized spacial score (nSPS) is 13.4. The number of nitrogens with zero attached hydrogens (tertiary/aromatic N) is 1. The molecule has 1 unspecified atom stereocenters. The van der Waals surface area contributed by atoms with Gasteiger partial charge in [0.15, 0.2) is 0 Å². The number of para-hydroxylation sites is 1. The van der Waals surface area contributed by atoms with E-state index in [1.165, 1.54) is 0 Å². The van der Waals surface area contributed by atoms with Gasteiger partial charge >= 0.3 is 0 Å². The summed E-state index contributed by atoms with van der Waals surface area (Å²) in [4.78, 5) is 5.25. The quantitative estimate of drug-likeness (QED) is 0.163. The van der Waals surface area contributed by atoms with E-state index in [9.17, 15) is 10.2 Å². The van der Waals surface area contributed by atoms with Gasteiger partial charge < -0.3 is 24.4 Å².